The summed E-state index contributed by atoms with van der Waals surface area (Å²) in [6, 6.07) is 20.9. The predicted molar refractivity (Wildman–Crippen MR) is 152 cm³/mol. The second-order valence-corrected chi connectivity index (χ2v) is 11.7. The lowest BCUT2D eigenvalue weighted by molar-refractivity contribution is -0.140. The quantitative estimate of drug-likeness (QED) is 0.337. The van der Waals surface area contributed by atoms with Gasteiger partial charge in [0.15, 0.2) is 0 Å². The third kappa shape index (κ3) is 8.53. The van der Waals surface area contributed by atoms with Gasteiger partial charge in [-0.25, -0.2) is 12.8 Å². The number of halogens is 2. The van der Waals surface area contributed by atoms with Gasteiger partial charge in [0.25, 0.3) is 0 Å². The minimum atomic E-state index is -3.97. The Hall–Kier alpha value is -3.43. The summed E-state index contributed by atoms with van der Waals surface area (Å²) in [5.41, 5.74) is 1.66. The highest BCUT2D eigenvalue weighted by Gasteiger charge is 2.33. The first-order valence-corrected chi connectivity index (χ1v) is 14.8. The van der Waals surface area contributed by atoms with Crippen molar-refractivity contribution in [3.8, 4) is 0 Å². The molecule has 0 saturated carbocycles. The van der Waals surface area contributed by atoms with Crippen LogP contribution in [0, 0.1) is 5.82 Å². The molecule has 2 amide bonds. The van der Waals surface area contributed by atoms with Crippen LogP contribution in [0.5, 0.6) is 0 Å². The Morgan fingerprint density at radius 3 is 2.10 bits per heavy atom. The summed E-state index contributed by atoms with van der Waals surface area (Å²) in [5, 5.41) is 2.70. The van der Waals surface area contributed by atoms with E-state index in [9.17, 15) is 22.4 Å². The van der Waals surface area contributed by atoms with Gasteiger partial charge in [0, 0.05) is 19.0 Å². The summed E-state index contributed by atoms with van der Waals surface area (Å²) < 4.78 is 40.2. The fraction of sp³-hybridized carbons (Fsp3) is 0.310. The lowest BCUT2D eigenvalue weighted by Gasteiger charge is -2.34. The number of nitrogens with one attached hydrogen (secondary N) is 1. The Bertz CT molecular complexity index is 1370. The van der Waals surface area contributed by atoms with Crippen LogP contribution in [0.4, 0.5) is 10.1 Å². The molecule has 0 saturated heterocycles. The summed E-state index contributed by atoms with van der Waals surface area (Å²) in [6.07, 6.45) is 1.88. The number of carbonyl (C=O) groups is 2. The maximum absolute atomic E-state index is 14.0. The molecule has 2 unspecified atom stereocenters. The van der Waals surface area contributed by atoms with Crippen molar-refractivity contribution in [2.45, 2.75) is 45.3 Å². The number of benzene rings is 3. The SMILES string of the molecule is CCC(C)NC(=O)C(Cc1ccccc1)N(Cc1ccccc1)C(=O)CN(c1ccc(F)c(Cl)c1)S(C)(=O)=O. The van der Waals surface area contributed by atoms with Crippen LogP contribution in [0.15, 0.2) is 78.9 Å². The smallest absolute Gasteiger partial charge is 0.244 e. The van der Waals surface area contributed by atoms with Crippen molar-refractivity contribution in [3.63, 3.8) is 0 Å². The van der Waals surface area contributed by atoms with E-state index < -0.39 is 34.3 Å². The largest absolute Gasteiger partial charge is 0.352 e. The van der Waals surface area contributed by atoms with Crippen LogP contribution in [0.25, 0.3) is 0 Å². The van der Waals surface area contributed by atoms with Gasteiger partial charge < -0.3 is 10.2 Å². The van der Waals surface area contributed by atoms with Gasteiger partial charge in [-0.1, -0.05) is 79.2 Å². The summed E-state index contributed by atoms with van der Waals surface area (Å²) in [7, 11) is -3.97. The molecular formula is C29H33ClFN3O4S. The minimum Gasteiger partial charge on any atom is -0.352 e. The van der Waals surface area contributed by atoms with Crippen molar-refractivity contribution in [1.82, 2.24) is 10.2 Å². The molecule has 0 spiro atoms. The molecule has 3 aromatic rings. The first-order chi connectivity index (χ1) is 18.5. The van der Waals surface area contributed by atoms with Crippen LogP contribution in [-0.4, -0.2) is 50.0 Å². The number of carbonyl (C=O) groups excluding carboxylic acids is 2. The Labute approximate surface area is 234 Å². The van der Waals surface area contributed by atoms with Crippen molar-refractivity contribution in [1.29, 1.82) is 0 Å². The number of sulfonamides is 1. The fourth-order valence-corrected chi connectivity index (χ4v) is 5.05. The van der Waals surface area contributed by atoms with Crippen molar-refractivity contribution in [2.75, 3.05) is 17.1 Å². The van der Waals surface area contributed by atoms with Gasteiger partial charge in [0.2, 0.25) is 21.8 Å². The first-order valence-electron chi connectivity index (χ1n) is 12.6. The summed E-state index contributed by atoms with van der Waals surface area (Å²) in [6.45, 7) is 3.30. The minimum absolute atomic E-state index is 0.0422. The van der Waals surface area contributed by atoms with Gasteiger partial charge in [-0.05, 0) is 42.7 Å². The van der Waals surface area contributed by atoms with Gasteiger partial charge >= 0.3 is 0 Å². The van der Waals surface area contributed by atoms with Crippen LogP contribution < -0.4 is 9.62 Å². The molecule has 0 fully saturated rings. The summed E-state index contributed by atoms with van der Waals surface area (Å²) >= 11 is 5.91. The third-order valence-electron chi connectivity index (χ3n) is 6.34. The molecule has 10 heteroatoms. The number of anilines is 1. The van der Waals surface area contributed by atoms with E-state index in [1.54, 1.807) is 0 Å². The number of rotatable bonds is 12. The first kappa shape index (κ1) is 30.1. The Morgan fingerprint density at radius 1 is 0.974 bits per heavy atom. The molecule has 0 bridgehead atoms. The predicted octanol–water partition coefficient (Wildman–Crippen LogP) is 4.80. The Kier molecular flexibility index (Phi) is 10.5. The van der Waals surface area contributed by atoms with Crippen LogP contribution in [0.3, 0.4) is 0 Å². The fourth-order valence-electron chi connectivity index (χ4n) is 4.03. The standard InChI is InChI=1S/C29H33ClFN3O4S/c1-4-21(2)32-29(36)27(17-22-11-7-5-8-12-22)33(19-23-13-9-6-10-14-23)28(35)20-34(39(3,37)38)24-15-16-26(31)25(30)18-24/h5-16,18,21,27H,4,17,19-20H2,1-3H3,(H,32,36). The van der Waals surface area contributed by atoms with E-state index in [4.69, 9.17) is 11.6 Å². The Balaban J connectivity index is 2.05. The van der Waals surface area contributed by atoms with Crippen LogP contribution >= 0.6 is 11.6 Å². The number of nitrogens with zero attached hydrogens (tertiary/aromatic N) is 2. The molecule has 3 aromatic carbocycles. The zero-order valence-corrected chi connectivity index (χ0v) is 23.8. The molecule has 1 N–H and O–H groups in total. The molecular weight excluding hydrogens is 541 g/mol. The van der Waals surface area contributed by atoms with Gasteiger partial charge in [0.1, 0.15) is 18.4 Å². The zero-order chi connectivity index (χ0) is 28.6. The topological polar surface area (TPSA) is 86.8 Å². The summed E-state index contributed by atoms with van der Waals surface area (Å²) in [5.74, 6) is -1.64. The number of amides is 2. The Morgan fingerprint density at radius 2 is 1.56 bits per heavy atom. The second kappa shape index (κ2) is 13.6. The van der Waals surface area contributed by atoms with Crippen molar-refractivity contribution in [2.24, 2.45) is 0 Å². The summed E-state index contributed by atoms with van der Waals surface area (Å²) in [4.78, 5) is 29.0. The molecule has 3 rings (SSSR count). The monoisotopic (exact) mass is 573 g/mol. The normalized spacial score (nSPS) is 12.8. The van der Waals surface area contributed by atoms with E-state index in [0.29, 0.717) is 6.42 Å². The average molecular weight is 574 g/mol. The van der Waals surface area contributed by atoms with Crippen LogP contribution in [-0.2, 0) is 32.6 Å². The van der Waals surface area contributed by atoms with Gasteiger partial charge in [0.05, 0.1) is 17.0 Å². The molecule has 208 valence electrons. The van der Waals surface area contributed by atoms with Crippen molar-refractivity contribution < 1.29 is 22.4 Å². The van der Waals surface area contributed by atoms with Gasteiger partial charge in [-0.15, -0.1) is 0 Å². The molecule has 0 heterocycles. The van der Waals surface area contributed by atoms with Crippen LogP contribution in [0.1, 0.15) is 31.4 Å². The van der Waals surface area contributed by atoms with E-state index >= 15 is 0 Å². The lowest BCUT2D eigenvalue weighted by Crippen LogP contribution is -2.54. The van der Waals surface area contributed by atoms with E-state index in [1.165, 1.54) is 11.0 Å². The highest BCUT2D eigenvalue weighted by molar-refractivity contribution is 7.92. The second-order valence-electron chi connectivity index (χ2n) is 9.40. The third-order valence-corrected chi connectivity index (χ3v) is 7.77. The molecule has 0 aliphatic carbocycles. The molecule has 2 atom stereocenters. The number of hydrogen-bond donors (Lipinski definition) is 1. The van der Waals surface area contributed by atoms with Gasteiger partial charge in [-0.3, -0.25) is 13.9 Å². The van der Waals surface area contributed by atoms with E-state index in [-0.39, 0.29) is 35.6 Å². The van der Waals surface area contributed by atoms with Crippen molar-refractivity contribution in [3.05, 3.63) is 101 Å². The maximum atomic E-state index is 14.0. The molecule has 39 heavy (non-hydrogen) atoms. The van der Waals surface area contributed by atoms with E-state index in [1.807, 2.05) is 74.5 Å². The van der Waals surface area contributed by atoms with E-state index in [0.717, 1.165) is 33.8 Å². The van der Waals surface area contributed by atoms with Crippen molar-refractivity contribution >= 4 is 39.1 Å². The number of hydrogen-bond acceptors (Lipinski definition) is 4. The zero-order valence-electron chi connectivity index (χ0n) is 22.2. The van der Waals surface area contributed by atoms with Crippen LogP contribution in [0.2, 0.25) is 5.02 Å². The maximum Gasteiger partial charge on any atom is 0.244 e. The molecule has 7 nitrogen and oxygen atoms in total. The molecule has 0 radical (unpaired) electrons. The molecule has 0 aliphatic rings. The average Bonchev–Trinajstić information content (AvgIpc) is 2.91. The lowest BCUT2D eigenvalue weighted by atomic mass is 10.0. The molecule has 0 aromatic heterocycles. The van der Waals surface area contributed by atoms with Gasteiger partial charge in [-0.2, -0.15) is 0 Å². The highest BCUT2D eigenvalue weighted by atomic mass is 35.5. The van der Waals surface area contributed by atoms with E-state index in [2.05, 4.69) is 5.32 Å². The highest BCUT2D eigenvalue weighted by Crippen LogP contribution is 2.25. The molecule has 0 aliphatic heterocycles.